The maximum Gasteiger partial charge on any atom is 0.149 e. The molecule has 0 spiro atoms. The molecule has 0 aromatic carbocycles. The molecule has 1 rings (SSSR count). The third-order valence-electron chi connectivity index (χ3n) is 1.35. The summed E-state index contributed by atoms with van der Waals surface area (Å²) in [5, 5.41) is 0. The molecule has 0 aliphatic heterocycles. The lowest BCUT2D eigenvalue weighted by Gasteiger charge is -1.92. The van der Waals surface area contributed by atoms with Gasteiger partial charge >= 0.3 is 0 Å². The van der Waals surface area contributed by atoms with Gasteiger partial charge in [-0.3, -0.25) is 4.79 Å². The van der Waals surface area contributed by atoms with Crippen LogP contribution >= 0.6 is 0 Å². The van der Waals surface area contributed by atoms with Crippen LogP contribution in [0.4, 0.5) is 0 Å². The van der Waals surface area contributed by atoms with E-state index in [0.717, 1.165) is 12.8 Å². The van der Waals surface area contributed by atoms with Crippen molar-refractivity contribution in [2.24, 2.45) is 5.73 Å². The normalized spacial score (nSPS) is 31.6. The first-order valence-corrected chi connectivity index (χ1v) is 2.59. The van der Waals surface area contributed by atoms with Gasteiger partial charge in [0, 0.05) is 6.42 Å². The number of carbonyl (C=O) groups is 1. The summed E-state index contributed by atoms with van der Waals surface area (Å²) in [6, 6.07) is -0.125. The number of ketones is 1. The van der Waals surface area contributed by atoms with Crippen LogP contribution in [-0.2, 0) is 4.79 Å². The van der Waals surface area contributed by atoms with Gasteiger partial charge in [-0.2, -0.15) is 0 Å². The predicted octanol–water partition coefficient (Wildman–Crippen LogP) is 0.0667. The molecule has 2 heteroatoms. The molecule has 1 fully saturated rings. The molecule has 7 heavy (non-hydrogen) atoms. The summed E-state index contributed by atoms with van der Waals surface area (Å²) in [6.07, 6.45) is 2.61. The molecule has 2 nitrogen and oxygen atoms in total. The van der Waals surface area contributed by atoms with Crippen molar-refractivity contribution in [1.82, 2.24) is 0 Å². The largest absolute Gasteiger partial charge is 0.322 e. The van der Waals surface area contributed by atoms with E-state index in [1.54, 1.807) is 0 Å². The zero-order chi connectivity index (χ0) is 5.28. The Bertz CT molecular complexity index is 90.1. The van der Waals surface area contributed by atoms with E-state index in [9.17, 15) is 4.79 Å². The molecule has 1 aliphatic carbocycles. The smallest absolute Gasteiger partial charge is 0.149 e. The molecule has 2 N–H and O–H groups in total. The van der Waals surface area contributed by atoms with E-state index < -0.39 is 0 Å². The summed E-state index contributed by atoms with van der Waals surface area (Å²) in [6.45, 7) is 0. The Morgan fingerprint density at radius 2 is 2.43 bits per heavy atom. The van der Waals surface area contributed by atoms with Gasteiger partial charge in [-0.1, -0.05) is 0 Å². The van der Waals surface area contributed by atoms with E-state index in [1.165, 1.54) is 0 Å². The van der Waals surface area contributed by atoms with Crippen LogP contribution in [0.3, 0.4) is 0 Å². The zero-order valence-electron chi connectivity index (χ0n) is 4.18. The topological polar surface area (TPSA) is 43.1 Å². The summed E-state index contributed by atoms with van der Waals surface area (Å²) >= 11 is 0. The second-order valence-electron chi connectivity index (χ2n) is 1.97. The lowest BCUT2D eigenvalue weighted by Crippen LogP contribution is -2.23. The average molecular weight is 99.1 g/mol. The maximum absolute atomic E-state index is 10.4. The van der Waals surface area contributed by atoms with Crippen molar-refractivity contribution in [3.63, 3.8) is 0 Å². The van der Waals surface area contributed by atoms with Gasteiger partial charge in [-0.25, -0.2) is 0 Å². The SMILES string of the molecule is N[C@@H]1CCCC1=O. The van der Waals surface area contributed by atoms with Crippen LogP contribution in [0.2, 0.25) is 0 Å². The minimum Gasteiger partial charge on any atom is -0.322 e. The Labute approximate surface area is 42.7 Å². The summed E-state index contributed by atoms with van der Waals surface area (Å²) in [4.78, 5) is 10.4. The molecular weight excluding hydrogens is 90.1 g/mol. The van der Waals surface area contributed by atoms with Gasteiger partial charge in [0.1, 0.15) is 5.78 Å². The fourth-order valence-electron chi connectivity index (χ4n) is 0.843. The van der Waals surface area contributed by atoms with Gasteiger partial charge in [0.05, 0.1) is 6.04 Å². The monoisotopic (exact) mass is 99.1 g/mol. The van der Waals surface area contributed by atoms with E-state index in [0.29, 0.717) is 6.42 Å². The van der Waals surface area contributed by atoms with Crippen LogP contribution in [0.5, 0.6) is 0 Å². The van der Waals surface area contributed by atoms with Crippen molar-refractivity contribution in [2.45, 2.75) is 25.3 Å². The molecule has 0 amide bonds. The molecule has 1 aliphatic rings. The first kappa shape index (κ1) is 4.78. The predicted molar refractivity (Wildman–Crippen MR) is 26.8 cm³/mol. The maximum atomic E-state index is 10.4. The average Bonchev–Trinajstić information content (AvgIpc) is 1.91. The number of nitrogens with two attached hydrogens (primary N) is 1. The minimum absolute atomic E-state index is 0.125. The van der Waals surface area contributed by atoms with E-state index in [1.807, 2.05) is 0 Å². The standard InChI is InChI=1S/C5H9NO/c6-4-2-1-3-5(4)7/h4H,1-3,6H2/t4-/m1/s1. The van der Waals surface area contributed by atoms with Gasteiger partial charge in [-0.15, -0.1) is 0 Å². The molecule has 1 atom stereocenters. The summed E-state index contributed by atoms with van der Waals surface area (Å²) in [5.74, 6) is 0.236. The fraction of sp³-hybridized carbons (Fsp3) is 0.800. The highest BCUT2D eigenvalue weighted by atomic mass is 16.1. The van der Waals surface area contributed by atoms with Crippen molar-refractivity contribution in [2.75, 3.05) is 0 Å². The van der Waals surface area contributed by atoms with Gasteiger partial charge in [-0.05, 0) is 12.8 Å². The first-order valence-electron chi connectivity index (χ1n) is 2.59. The molecule has 0 unspecified atom stereocenters. The van der Waals surface area contributed by atoms with Gasteiger partial charge in [0.15, 0.2) is 0 Å². The fourth-order valence-corrected chi connectivity index (χ4v) is 0.843. The third-order valence-corrected chi connectivity index (χ3v) is 1.35. The number of Topliss-reactive ketones (excluding diaryl/α,β-unsaturated/α-hetero) is 1. The van der Waals surface area contributed by atoms with Crippen molar-refractivity contribution >= 4 is 5.78 Å². The van der Waals surface area contributed by atoms with Crippen LogP contribution in [0.1, 0.15) is 19.3 Å². The second-order valence-corrected chi connectivity index (χ2v) is 1.97. The molecule has 1 saturated carbocycles. The minimum atomic E-state index is -0.125. The Morgan fingerprint density at radius 3 is 2.57 bits per heavy atom. The van der Waals surface area contributed by atoms with Crippen LogP contribution in [-0.4, -0.2) is 11.8 Å². The summed E-state index contributed by atoms with van der Waals surface area (Å²) in [7, 11) is 0. The van der Waals surface area contributed by atoms with Gasteiger partial charge < -0.3 is 5.73 Å². The van der Waals surface area contributed by atoms with E-state index in [4.69, 9.17) is 5.73 Å². The van der Waals surface area contributed by atoms with E-state index >= 15 is 0 Å². The molecule has 40 valence electrons. The Balaban J connectivity index is 2.48. The highest BCUT2D eigenvalue weighted by molar-refractivity contribution is 5.85. The van der Waals surface area contributed by atoms with Crippen LogP contribution in [0, 0.1) is 0 Å². The molecule has 0 saturated heterocycles. The lowest BCUT2D eigenvalue weighted by molar-refractivity contribution is -0.118. The Morgan fingerprint density at radius 1 is 1.71 bits per heavy atom. The Kier molecular flexibility index (Phi) is 1.11. The number of carbonyl (C=O) groups excluding carboxylic acids is 1. The van der Waals surface area contributed by atoms with Crippen LogP contribution in [0.15, 0.2) is 0 Å². The Hall–Kier alpha value is -0.370. The first-order chi connectivity index (χ1) is 3.30. The molecule has 0 heterocycles. The lowest BCUT2D eigenvalue weighted by atomic mass is 10.3. The van der Waals surface area contributed by atoms with Gasteiger partial charge in [0.25, 0.3) is 0 Å². The number of rotatable bonds is 0. The number of hydrogen-bond donors (Lipinski definition) is 1. The van der Waals surface area contributed by atoms with Crippen molar-refractivity contribution in [3.8, 4) is 0 Å². The van der Waals surface area contributed by atoms with Crippen molar-refractivity contribution in [1.29, 1.82) is 0 Å². The van der Waals surface area contributed by atoms with Crippen molar-refractivity contribution < 1.29 is 4.79 Å². The summed E-state index contributed by atoms with van der Waals surface area (Å²) in [5.41, 5.74) is 5.33. The molecular formula is C5H9NO. The second kappa shape index (κ2) is 1.62. The van der Waals surface area contributed by atoms with E-state index in [-0.39, 0.29) is 11.8 Å². The quantitative estimate of drug-likeness (QED) is 0.467. The number of hydrogen-bond acceptors (Lipinski definition) is 2. The molecule has 0 radical (unpaired) electrons. The highest BCUT2D eigenvalue weighted by Crippen LogP contribution is 2.10. The van der Waals surface area contributed by atoms with E-state index in [2.05, 4.69) is 0 Å². The van der Waals surface area contributed by atoms with Gasteiger partial charge in [0.2, 0.25) is 0 Å². The van der Waals surface area contributed by atoms with Crippen molar-refractivity contribution in [3.05, 3.63) is 0 Å². The molecule has 0 aromatic heterocycles. The summed E-state index contributed by atoms with van der Waals surface area (Å²) < 4.78 is 0. The van der Waals surface area contributed by atoms with Crippen LogP contribution in [0.25, 0.3) is 0 Å². The molecule has 0 bridgehead atoms. The zero-order valence-corrected chi connectivity index (χ0v) is 4.18. The van der Waals surface area contributed by atoms with Crippen LogP contribution < -0.4 is 5.73 Å². The highest BCUT2D eigenvalue weighted by Gasteiger charge is 2.18. The third kappa shape index (κ3) is 0.800. The molecule has 0 aromatic rings.